The molecule has 0 radical (unpaired) electrons. The number of carbonyl (C=O) groups excluding carboxylic acids is 1. The Labute approximate surface area is 65.8 Å². The summed E-state index contributed by atoms with van der Waals surface area (Å²) in [6.45, 7) is 6.98. The molecule has 0 N–H and O–H groups in total. The van der Waals surface area contributed by atoms with E-state index in [9.17, 15) is 4.79 Å². The van der Waals surface area contributed by atoms with Crippen molar-refractivity contribution in [1.29, 1.82) is 0 Å². The van der Waals surface area contributed by atoms with Crippen LogP contribution in [0.25, 0.3) is 0 Å². The van der Waals surface area contributed by atoms with E-state index in [-0.39, 0.29) is 8.80 Å². The second-order valence-electron chi connectivity index (χ2n) is 2.87. The van der Waals surface area contributed by atoms with Crippen LogP contribution < -0.4 is 0 Å². The number of hydrogen-bond donors (Lipinski definition) is 0. The Bertz CT molecular complexity index is 74.0. The lowest BCUT2D eigenvalue weighted by atomic mass is 11.0. The summed E-state index contributed by atoms with van der Waals surface area (Å²) in [6.07, 6.45) is 0.750. The van der Waals surface area contributed by atoms with Crippen LogP contribution >= 0.6 is 0 Å². The highest BCUT2D eigenvalue weighted by Crippen LogP contribution is 1.83. The summed E-state index contributed by atoms with van der Waals surface area (Å²) in [5.41, 5.74) is 0. The van der Waals surface area contributed by atoms with Crippen LogP contribution in [0.2, 0.25) is 19.1 Å². The molecule has 0 bridgehead atoms. The summed E-state index contributed by atoms with van der Waals surface area (Å²) in [4.78, 5) is 10.9. The molecule has 2 nitrogen and oxygen atoms in total. The molecule has 0 saturated heterocycles. The largest absolute Gasteiger partial charge is 0.351 e. The fourth-order valence-electron chi connectivity index (χ4n) is 0. The van der Waals surface area contributed by atoms with Gasteiger partial charge in [-0.2, -0.15) is 0 Å². The molecule has 0 heterocycles. The average Bonchev–Trinajstić information content (AvgIpc) is 1.89. The molecular formula is C7H19NOSi. The normalized spacial score (nSPS) is 8.20. The van der Waals surface area contributed by atoms with E-state index in [1.54, 1.807) is 14.1 Å². The molecular weight excluding hydrogens is 142 g/mol. The standard InChI is InChI=1S/C4H12Si.C3H7NO/c1-4-5(2)3;1-4(2)3-5/h5H,4H2,1-3H3;3H,1-2H3. The Morgan fingerprint density at radius 2 is 1.60 bits per heavy atom. The first-order valence-corrected chi connectivity index (χ1v) is 6.78. The van der Waals surface area contributed by atoms with Crippen molar-refractivity contribution in [3.05, 3.63) is 0 Å². The molecule has 10 heavy (non-hydrogen) atoms. The van der Waals surface area contributed by atoms with Gasteiger partial charge in [-0.3, -0.25) is 4.79 Å². The van der Waals surface area contributed by atoms with Crippen molar-refractivity contribution in [3.8, 4) is 0 Å². The predicted octanol–water partition coefficient (Wildman–Crippen LogP) is 1.20. The fraction of sp³-hybridized carbons (Fsp3) is 0.857. The van der Waals surface area contributed by atoms with Crippen LogP contribution in [0.3, 0.4) is 0 Å². The molecule has 0 saturated carbocycles. The van der Waals surface area contributed by atoms with E-state index in [1.165, 1.54) is 10.9 Å². The maximum atomic E-state index is 9.43. The smallest absolute Gasteiger partial charge is 0.209 e. The van der Waals surface area contributed by atoms with E-state index < -0.39 is 0 Å². The van der Waals surface area contributed by atoms with Crippen LogP contribution in [0.4, 0.5) is 0 Å². The first kappa shape index (κ1) is 12.4. The van der Waals surface area contributed by atoms with Crippen LogP contribution in [0.15, 0.2) is 0 Å². The van der Waals surface area contributed by atoms with E-state index in [1.807, 2.05) is 0 Å². The zero-order valence-electron chi connectivity index (χ0n) is 7.72. The monoisotopic (exact) mass is 161 g/mol. The maximum absolute atomic E-state index is 9.43. The van der Waals surface area contributed by atoms with Gasteiger partial charge in [-0.05, 0) is 0 Å². The van der Waals surface area contributed by atoms with Crippen molar-refractivity contribution in [3.63, 3.8) is 0 Å². The van der Waals surface area contributed by atoms with E-state index >= 15 is 0 Å². The molecule has 0 aliphatic carbocycles. The number of rotatable bonds is 2. The van der Waals surface area contributed by atoms with Gasteiger partial charge in [-0.25, -0.2) is 0 Å². The molecule has 0 aromatic rings. The van der Waals surface area contributed by atoms with Gasteiger partial charge in [0.15, 0.2) is 0 Å². The molecule has 0 aromatic heterocycles. The summed E-state index contributed by atoms with van der Waals surface area (Å²) >= 11 is 0. The first-order chi connectivity index (χ1) is 4.54. The Morgan fingerprint density at radius 1 is 1.40 bits per heavy atom. The van der Waals surface area contributed by atoms with Gasteiger partial charge < -0.3 is 4.90 Å². The average molecular weight is 161 g/mol. The molecule has 0 rings (SSSR count). The third kappa shape index (κ3) is 25.3. The molecule has 62 valence electrons. The summed E-state index contributed by atoms with van der Waals surface area (Å²) in [7, 11) is 3.23. The second kappa shape index (κ2) is 8.69. The lowest BCUT2D eigenvalue weighted by molar-refractivity contribution is -0.115. The summed E-state index contributed by atoms with van der Waals surface area (Å²) < 4.78 is 0. The van der Waals surface area contributed by atoms with Gasteiger partial charge in [0.05, 0.1) is 0 Å². The molecule has 0 fully saturated rings. The number of nitrogens with zero attached hydrogens (tertiary/aromatic N) is 1. The second-order valence-corrected chi connectivity index (χ2v) is 6.48. The zero-order chi connectivity index (χ0) is 8.57. The van der Waals surface area contributed by atoms with Crippen molar-refractivity contribution in [2.45, 2.75) is 26.1 Å². The highest BCUT2D eigenvalue weighted by Gasteiger charge is 1.82. The van der Waals surface area contributed by atoms with Gasteiger partial charge in [0.1, 0.15) is 0 Å². The number of carbonyl (C=O) groups is 1. The minimum absolute atomic E-state index is 0.150. The van der Waals surface area contributed by atoms with Gasteiger partial charge in [0.25, 0.3) is 0 Å². The van der Waals surface area contributed by atoms with Crippen molar-refractivity contribution in [2.75, 3.05) is 14.1 Å². The third-order valence-corrected chi connectivity index (χ3v) is 2.66. The number of amides is 1. The van der Waals surface area contributed by atoms with Crippen molar-refractivity contribution >= 4 is 15.2 Å². The molecule has 1 amide bonds. The Balaban J connectivity index is 0. The molecule has 0 atom stereocenters. The molecule has 0 aliphatic rings. The van der Waals surface area contributed by atoms with Gasteiger partial charge in [-0.15, -0.1) is 0 Å². The predicted molar refractivity (Wildman–Crippen MR) is 49.1 cm³/mol. The maximum Gasteiger partial charge on any atom is 0.209 e. The highest BCUT2D eigenvalue weighted by molar-refractivity contribution is 6.55. The molecule has 0 spiro atoms. The Morgan fingerprint density at radius 3 is 1.60 bits per heavy atom. The van der Waals surface area contributed by atoms with Crippen LogP contribution in [0.1, 0.15) is 6.92 Å². The summed E-state index contributed by atoms with van der Waals surface area (Å²) in [5, 5.41) is 0. The van der Waals surface area contributed by atoms with E-state index in [0.717, 1.165) is 6.41 Å². The minimum Gasteiger partial charge on any atom is -0.351 e. The van der Waals surface area contributed by atoms with Gasteiger partial charge >= 0.3 is 0 Å². The Hall–Kier alpha value is -0.313. The summed E-state index contributed by atoms with van der Waals surface area (Å²) in [5.74, 6) is 0. The van der Waals surface area contributed by atoms with E-state index in [0.29, 0.717) is 0 Å². The molecule has 0 unspecified atom stereocenters. The molecule has 0 aliphatic heterocycles. The van der Waals surface area contributed by atoms with Crippen LogP contribution in [-0.2, 0) is 4.79 Å². The zero-order valence-corrected chi connectivity index (χ0v) is 8.87. The lowest BCUT2D eigenvalue weighted by Gasteiger charge is -1.93. The highest BCUT2D eigenvalue weighted by atomic mass is 28.3. The fourth-order valence-corrected chi connectivity index (χ4v) is 0. The van der Waals surface area contributed by atoms with E-state index in [2.05, 4.69) is 20.0 Å². The van der Waals surface area contributed by atoms with Crippen LogP contribution in [0, 0.1) is 0 Å². The van der Waals surface area contributed by atoms with Crippen molar-refractivity contribution in [1.82, 2.24) is 4.90 Å². The van der Waals surface area contributed by atoms with Crippen LogP contribution in [0.5, 0.6) is 0 Å². The van der Waals surface area contributed by atoms with Crippen molar-refractivity contribution in [2.24, 2.45) is 0 Å². The van der Waals surface area contributed by atoms with E-state index in [4.69, 9.17) is 0 Å². The molecule has 0 aromatic carbocycles. The Kier molecular flexibility index (Phi) is 10.7. The van der Waals surface area contributed by atoms with Crippen LogP contribution in [-0.4, -0.2) is 34.2 Å². The number of hydrogen-bond acceptors (Lipinski definition) is 1. The minimum atomic E-state index is -0.150. The van der Waals surface area contributed by atoms with Gasteiger partial charge in [0.2, 0.25) is 6.41 Å². The SMILES string of the molecule is CC[SiH](C)C.CN(C)C=O. The topological polar surface area (TPSA) is 20.3 Å². The van der Waals surface area contributed by atoms with Gasteiger partial charge in [0, 0.05) is 22.9 Å². The van der Waals surface area contributed by atoms with Crippen molar-refractivity contribution < 1.29 is 4.79 Å². The quantitative estimate of drug-likeness (QED) is 0.440. The van der Waals surface area contributed by atoms with Gasteiger partial charge in [-0.1, -0.05) is 26.1 Å². The third-order valence-electron chi connectivity index (χ3n) is 1.03. The first-order valence-electron chi connectivity index (χ1n) is 3.66. The molecule has 3 heteroatoms. The lowest BCUT2D eigenvalue weighted by Crippen LogP contribution is -2.06. The summed E-state index contributed by atoms with van der Waals surface area (Å²) in [6, 6.07) is 1.44.